The maximum absolute atomic E-state index is 14.3. The number of hydrogen-bond acceptors (Lipinski definition) is 0. The standard InChI is InChI=1S/C18H10ClF/c19-15-9-3-7-12-14-8-4-10-16(20)18(14)13-6-2-1-5-11(13)17(12)15/h1-10H. The van der Waals surface area contributed by atoms with Crippen molar-refractivity contribution in [3.63, 3.8) is 0 Å². The van der Waals surface area contributed by atoms with Gasteiger partial charge in [0.05, 0.1) is 0 Å². The maximum atomic E-state index is 14.3. The first-order chi connectivity index (χ1) is 9.77. The number of fused-ring (bicyclic) bond motifs is 6. The normalized spacial score (nSPS) is 11.5. The Morgan fingerprint density at radius 1 is 0.600 bits per heavy atom. The Morgan fingerprint density at radius 2 is 1.10 bits per heavy atom. The fourth-order valence-electron chi connectivity index (χ4n) is 2.96. The molecule has 4 aromatic carbocycles. The van der Waals surface area contributed by atoms with Crippen LogP contribution < -0.4 is 0 Å². The van der Waals surface area contributed by atoms with Crippen LogP contribution in [0, 0.1) is 5.82 Å². The van der Waals surface area contributed by atoms with Crippen LogP contribution in [0.4, 0.5) is 4.39 Å². The second kappa shape index (κ2) is 4.19. The first kappa shape index (κ1) is 11.7. The van der Waals surface area contributed by atoms with Crippen molar-refractivity contribution < 1.29 is 4.39 Å². The lowest BCUT2D eigenvalue weighted by atomic mass is 9.94. The third-order valence-electron chi connectivity index (χ3n) is 3.78. The third-order valence-corrected chi connectivity index (χ3v) is 4.10. The summed E-state index contributed by atoms with van der Waals surface area (Å²) >= 11 is 6.38. The van der Waals surface area contributed by atoms with E-state index in [-0.39, 0.29) is 5.82 Å². The zero-order valence-electron chi connectivity index (χ0n) is 10.5. The highest BCUT2D eigenvalue weighted by molar-refractivity contribution is 6.40. The summed E-state index contributed by atoms with van der Waals surface area (Å²) in [6, 6.07) is 18.8. The van der Waals surface area contributed by atoms with E-state index in [2.05, 4.69) is 0 Å². The summed E-state index contributed by atoms with van der Waals surface area (Å²) in [5.41, 5.74) is 0. The van der Waals surface area contributed by atoms with Crippen LogP contribution in [-0.2, 0) is 0 Å². The zero-order valence-corrected chi connectivity index (χ0v) is 11.3. The van der Waals surface area contributed by atoms with Crippen LogP contribution in [0.5, 0.6) is 0 Å². The molecule has 0 aliphatic rings. The summed E-state index contributed by atoms with van der Waals surface area (Å²) in [5.74, 6) is -0.194. The molecule has 0 radical (unpaired) electrons. The number of halogens is 2. The minimum Gasteiger partial charge on any atom is -0.206 e. The van der Waals surface area contributed by atoms with Gasteiger partial charge in [0.15, 0.2) is 0 Å². The molecule has 0 aliphatic heterocycles. The highest BCUT2D eigenvalue weighted by atomic mass is 35.5. The molecule has 0 amide bonds. The molecule has 0 saturated heterocycles. The molecule has 0 atom stereocenters. The second-order valence-electron chi connectivity index (χ2n) is 4.87. The van der Waals surface area contributed by atoms with Crippen LogP contribution in [0.25, 0.3) is 32.3 Å². The average Bonchev–Trinajstić information content (AvgIpc) is 2.47. The lowest BCUT2D eigenvalue weighted by Gasteiger charge is -2.11. The van der Waals surface area contributed by atoms with Crippen molar-refractivity contribution >= 4 is 43.9 Å². The molecule has 0 aliphatic carbocycles. The van der Waals surface area contributed by atoms with Crippen LogP contribution in [0.15, 0.2) is 60.7 Å². The summed E-state index contributed by atoms with van der Waals surface area (Å²) in [4.78, 5) is 0. The smallest absolute Gasteiger partial charge is 0.131 e. The Labute approximate surface area is 120 Å². The molecule has 0 saturated carbocycles. The lowest BCUT2D eigenvalue weighted by molar-refractivity contribution is 0.641. The monoisotopic (exact) mass is 280 g/mol. The predicted octanol–water partition coefficient (Wildman–Crippen LogP) is 5.94. The summed E-state index contributed by atoms with van der Waals surface area (Å²) < 4.78 is 14.3. The van der Waals surface area contributed by atoms with Gasteiger partial charge < -0.3 is 0 Å². The van der Waals surface area contributed by atoms with Gasteiger partial charge in [-0.1, -0.05) is 60.1 Å². The van der Waals surface area contributed by atoms with Crippen molar-refractivity contribution in [2.75, 3.05) is 0 Å². The molecule has 96 valence electrons. The summed E-state index contributed by atoms with van der Waals surface area (Å²) in [7, 11) is 0. The second-order valence-corrected chi connectivity index (χ2v) is 5.28. The fourth-order valence-corrected chi connectivity index (χ4v) is 3.24. The third kappa shape index (κ3) is 1.47. The molecule has 0 heterocycles. The first-order valence-electron chi connectivity index (χ1n) is 6.44. The van der Waals surface area contributed by atoms with Gasteiger partial charge in [-0.05, 0) is 33.7 Å². The van der Waals surface area contributed by atoms with E-state index in [0.717, 1.165) is 26.9 Å². The fraction of sp³-hybridized carbons (Fsp3) is 0. The van der Waals surface area contributed by atoms with Crippen molar-refractivity contribution in [2.45, 2.75) is 0 Å². The van der Waals surface area contributed by atoms with E-state index in [0.29, 0.717) is 10.4 Å². The predicted molar refractivity (Wildman–Crippen MR) is 83.9 cm³/mol. The Hall–Kier alpha value is -2.12. The van der Waals surface area contributed by atoms with Gasteiger partial charge in [-0.2, -0.15) is 0 Å². The van der Waals surface area contributed by atoms with Gasteiger partial charge in [-0.3, -0.25) is 0 Å². The number of benzene rings is 4. The Balaban J connectivity index is 2.49. The van der Waals surface area contributed by atoms with Crippen molar-refractivity contribution in [3.8, 4) is 0 Å². The van der Waals surface area contributed by atoms with Crippen molar-refractivity contribution in [2.24, 2.45) is 0 Å². The van der Waals surface area contributed by atoms with Crippen LogP contribution in [0.1, 0.15) is 0 Å². The van der Waals surface area contributed by atoms with Crippen LogP contribution in [0.3, 0.4) is 0 Å². The Bertz CT molecular complexity index is 853. The van der Waals surface area contributed by atoms with Gasteiger partial charge in [0.1, 0.15) is 5.82 Å². The van der Waals surface area contributed by atoms with Gasteiger partial charge in [0, 0.05) is 15.8 Å². The molecular weight excluding hydrogens is 271 g/mol. The van der Waals surface area contributed by atoms with Gasteiger partial charge in [-0.25, -0.2) is 4.39 Å². The Kier molecular flexibility index (Phi) is 2.45. The molecule has 0 bridgehead atoms. The summed E-state index contributed by atoms with van der Waals surface area (Å²) in [5, 5.41) is 6.14. The highest BCUT2D eigenvalue weighted by Gasteiger charge is 2.12. The van der Waals surface area contributed by atoms with E-state index in [9.17, 15) is 4.39 Å². The van der Waals surface area contributed by atoms with E-state index < -0.39 is 0 Å². The highest BCUT2D eigenvalue weighted by Crippen LogP contribution is 2.38. The maximum Gasteiger partial charge on any atom is 0.131 e. The largest absolute Gasteiger partial charge is 0.206 e. The van der Waals surface area contributed by atoms with E-state index in [1.807, 2.05) is 48.5 Å². The molecule has 0 aromatic heterocycles. The van der Waals surface area contributed by atoms with Crippen LogP contribution >= 0.6 is 11.6 Å². The Morgan fingerprint density at radius 3 is 1.75 bits per heavy atom. The molecule has 4 rings (SSSR count). The van der Waals surface area contributed by atoms with Gasteiger partial charge in [-0.15, -0.1) is 0 Å². The molecule has 0 nitrogen and oxygen atoms in total. The van der Waals surface area contributed by atoms with Crippen molar-refractivity contribution in [3.05, 3.63) is 71.5 Å². The number of hydrogen-bond donors (Lipinski definition) is 0. The minimum atomic E-state index is -0.194. The van der Waals surface area contributed by atoms with E-state index in [1.165, 1.54) is 6.07 Å². The van der Waals surface area contributed by atoms with E-state index in [4.69, 9.17) is 11.6 Å². The molecule has 0 N–H and O–H groups in total. The molecule has 0 fully saturated rings. The topological polar surface area (TPSA) is 0 Å². The molecule has 2 heteroatoms. The minimum absolute atomic E-state index is 0.194. The van der Waals surface area contributed by atoms with Crippen molar-refractivity contribution in [1.29, 1.82) is 0 Å². The van der Waals surface area contributed by atoms with E-state index in [1.54, 1.807) is 6.07 Å². The molecule has 20 heavy (non-hydrogen) atoms. The quantitative estimate of drug-likeness (QED) is 0.350. The molecule has 0 unspecified atom stereocenters. The van der Waals surface area contributed by atoms with Gasteiger partial charge in [0.2, 0.25) is 0 Å². The lowest BCUT2D eigenvalue weighted by Crippen LogP contribution is -1.86. The van der Waals surface area contributed by atoms with E-state index >= 15 is 0 Å². The van der Waals surface area contributed by atoms with Gasteiger partial charge in [0.25, 0.3) is 0 Å². The van der Waals surface area contributed by atoms with Crippen LogP contribution in [-0.4, -0.2) is 0 Å². The number of rotatable bonds is 0. The van der Waals surface area contributed by atoms with Crippen molar-refractivity contribution in [1.82, 2.24) is 0 Å². The van der Waals surface area contributed by atoms with Crippen LogP contribution in [0.2, 0.25) is 5.02 Å². The molecule has 0 spiro atoms. The molecular formula is C18H10ClF. The SMILES string of the molecule is Fc1cccc2c3cccc(Cl)c3c3ccccc3c12. The average molecular weight is 281 g/mol. The summed E-state index contributed by atoms with van der Waals surface area (Å²) in [6.45, 7) is 0. The summed E-state index contributed by atoms with van der Waals surface area (Å²) in [6.07, 6.45) is 0. The zero-order chi connectivity index (χ0) is 13.7. The van der Waals surface area contributed by atoms with Gasteiger partial charge >= 0.3 is 0 Å². The molecule has 4 aromatic rings. The first-order valence-corrected chi connectivity index (χ1v) is 6.82.